The Morgan fingerprint density at radius 1 is 1.45 bits per heavy atom. The van der Waals surface area contributed by atoms with E-state index in [1.807, 2.05) is 13.8 Å². The van der Waals surface area contributed by atoms with E-state index in [4.69, 9.17) is 4.74 Å². The molecule has 3 atom stereocenters. The molecule has 0 spiro atoms. The van der Waals surface area contributed by atoms with Gasteiger partial charge in [-0.3, -0.25) is 9.69 Å². The molecule has 4 nitrogen and oxygen atoms in total. The summed E-state index contributed by atoms with van der Waals surface area (Å²) in [6.07, 6.45) is 5.89. The number of carbonyl (C=O) groups is 1. The van der Waals surface area contributed by atoms with Gasteiger partial charge in [0.1, 0.15) is 5.54 Å². The van der Waals surface area contributed by atoms with Gasteiger partial charge >= 0.3 is 5.97 Å². The van der Waals surface area contributed by atoms with E-state index < -0.39 is 5.54 Å². The fraction of sp³-hybridized carbons (Fsp3) is 0.938. The molecule has 0 aromatic rings. The summed E-state index contributed by atoms with van der Waals surface area (Å²) in [7, 11) is 1.47. The number of carbonyl (C=O) groups excluding carboxylic acids is 1. The summed E-state index contributed by atoms with van der Waals surface area (Å²) in [5.74, 6) is -0.156. The lowest BCUT2D eigenvalue weighted by atomic mass is 9.89. The van der Waals surface area contributed by atoms with Gasteiger partial charge in [-0.25, -0.2) is 0 Å². The van der Waals surface area contributed by atoms with Gasteiger partial charge in [-0.1, -0.05) is 20.3 Å². The Morgan fingerprint density at radius 2 is 2.15 bits per heavy atom. The van der Waals surface area contributed by atoms with Gasteiger partial charge in [-0.05, 0) is 52.6 Å². The summed E-state index contributed by atoms with van der Waals surface area (Å²) in [5.41, 5.74) is -0.585. The van der Waals surface area contributed by atoms with E-state index >= 15 is 0 Å². The monoisotopic (exact) mass is 284 g/mol. The third-order valence-electron chi connectivity index (χ3n) is 4.62. The summed E-state index contributed by atoms with van der Waals surface area (Å²) in [4.78, 5) is 14.7. The molecule has 0 radical (unpaired) electrons. The highest BCUT2D eigenvalue weighted by Crippen LogP contribution is 2.26. The van der Waals surface area contributed by atoms with E-state index in [-0.39, 0.29) is 5.97 Å². The zero-order valence-electron chi connectivity index (χ0n) is 13.9. The molecule has 1 heterocycles. The topological polar surface area (TPSA) is 41.6 Å². The molecule has 0 bridgehead atoms. The van der Waals surface area contributed by atoms with Crippen LogP contribution in [-0.4, -0.2) is 48.7 Å². The molecular formula is C16H32N2O2. The first-order chi connectivity index (χ1) is 9.48. The lowest BCUT2D eigenvalue weighted by Gasteiger charge is -2.42. The van der Waals surface area contributed by atoms with Crippen molar-refractivity contribution in [2.75, 3.05) is 20.2 Å². The number of nitrogens with zero attached hydrogens (tertiary/aromatic N) is 1. The molecule has 0 aromatic carbocycles. The normalized spacial score (nSPS) is 24.9. The maximum absolute atomic E-state index is 12.1. The molecule has 0 aliphatic carbocycles. The Bertz CT molecular complexity index is 309. The number of likely N-dealkylation sites (tertiary alicyclic amines) is 1. The largest absolute Gasteiger partial charge is 0.468 e. The molecule has 1 saturated heterocycles. The highest BCUT2D eigenvalue weighted by Gasteiger charge is 2.37. The molecule has 4 heteroatoms. The first kappa shape index (κ1) is 17.4. The molecule has 3 unspecified atom stereocenters. The van der Waals surface area contributed by atoms with Crippen LogP contribution in [0.4, 0.5) is 0 Å². The first-order valence-corrected chi connectivity index (χ1v) is 8.07. The summed E-state index contributed by atoms with van der Waals surface area (Å²) in [6, 6.07) is 1.06. The second-order valence-corrected chi connectivity index (χ2v) is 6.20. The van der Waals surface area contributed by atoms with E-state index in [2.05, 4.69) is 24.1 Å². The molecule has 0 aromatic heterocycles. The van der Waals surface area contributed by atoms with Crippen molar-refractivity contribution in [2.45, 2.75) is 77.4 Å². The summed E-state index contributed by atoms with van der Waals surface area (Å²) in [6.45, 7) is 10.4. The number of piperidine rings is 1. The van der Waals surface area contributed by atoms with Gasteiger partial charge < -0.3 is 10.1 Å². The van der Waals surface area contributed by atoms with Crippen molar-refractivity contribution >= 4 is 5.97 Å². The number of hydrogen-bond donors (Lipinski definition) is 1. The number of ether oxygens (including phenoxy) is 1. The van der Waals surface area contributed by atoms with Crippen molar-refractivity contribution in [3.8, 4) is 0 Å². The van der Waals surface area contributed by atoms with Crippen LogP contribution >= 0.6 is 0 Å². The zero-order chi connectivity index (χ0) is 15.2. The number of nitrogens with one attached hydrogen (secondary N) is 1. The predicted octanol–water partition coefficient (Wildman–Crippen LogP) is 2.57. The van der Waals surface area contributed by atoms with Gasteiger partial charge in [0.15, 0.2) is 0 Å². The Kier molecular flexibility index (Phi) is 6.96. The minimum atomic E-state index is -0.585. The maximum atomic E-state index is 12.1. The van der Waals surface area contributed by atoms with Crippen LogP contribution in [0.2, 0.25) is 0 Å². The van der Waals surface area contributed by atoms with Crippen molar-refractivity contribution in [3.63, 3.8) is 0 Å². The van der Waals surface area contributed by atoms with Crippen molar-refractivity contribution in [1.82, 2.24) is 10.2 Å². The maximum Gasteiger partial charge on any atom is 0.325 e. The number of likely N-dealkylation sites (N-methyl/N-ethyl adjacent to an activating group) is 1. The summed E-state index contributed by atoms with van der Waals surface area (Å²) < 4.78 is 4.99. The lowest BCUT2D eigenvalue weighted by molar-refractivity contribution is -0.149. The number of rotatable bonds is 7. The SMILES string of the molecule is CCNC(C)(CC(C)N1CCCCC1CC)C(=O)OC. The number of esters is 1. The van der Waals surface area contributed by atoms with Crippen molar-refractivity contribution in [2.24, 2.45) is 0 Å². The average molecular weight is 284 g/mol. The smallest absolute Gasteiger partial charge is 0.325 e. The van der Waals surface area contributed by atoms with Crippen molar-refractivity contribution in [1.29, 1.82) is 0 Å². The molecule has 0 amide bonds. The third kappa shape index (κ3) is 4.19. The van der Waals surface area contributed by atoms with Crippen LogP contribution in [0.15, 0.2) is 0 Å². The fourth-order valence-corrected chi connectivity index (χ4v) is 3.59. The number of methoxy groups -OCH3 is 1. The summed E-state index contributed by atoms with van der Waals surface area (Å²) >= 11 is 0. The molecule has 1 aliphatic rings. The van der Waals surface area contributed by atoms with Crippen LogP contribution in [0.3, 0.4) is 0 Å². The highest BCUT2D eigenvalue weighted by atomic mass is 16.5. The minimum absolute atomic E-state index is 0.156. The van der Waals surface area contributed by atoms with Crippen LogP contribution in [0.5, 0.6) is 0 Å². The molecule has 1 aliphatic heterocycles. The van der Waals surface area contributed by atoms with Crippen LogP contribution < -0.4 is 5.32 Å². The number of hydrogen-bond acceptors (Lipinski definition) is 4. The van der Waals surface area contributed by atoms with E-state index in [0.29, 0.717) is 12.1 Å². The molecule has 20 heavy (non-hydrogen) atoms. The van der Waals surface area contributed by atoms with E-state index in [9.17, 15) is 4.79 Å². The second-order valence-electron chi connectivity index (χ2n) is 6.20. The van der Waals surface area contributed by atoms with Crippen molar-refractivity contribution < 1.29 is 9.53 Å². The van der Waals surface area contributed by atoms with Crippen LogP contribution in [0.1, 0.15) is 59.8 Å². The van der Waals surface area contributed by atoms with Crippen molar-refractivity contribution in [3.05, 3.63) is 0 Å². The van der Waals surface area contributed by atoms with Gasteiger partial charge in [0, 0.05) is 12.1 Å². The Balaban J connectivity index is 2.73. The molecular weight excluding hydrogens is 252 g/mol. The third-order valence-corrected chi connectivity index (χ3v) is 4.62. The first-order valence-electron chi connectivity index (χ1n) is 8.07. The fourth-order valence-electron chi connectivity index (χ4n) is 3.59. The zero-order valence-corrected chi connectivity index (χ0v) is 13.9. The lowest BCUT2D eigenvalue weighted by Crippen LogP contribution is -2.55. The summed E-state index contributed by atoms with van der Waals surface area (Å²) in [5, 5.41) is 3.31. The van der Waals surface area contributed by atoms with E-state index in [0.717, 1.165) is 19.5 Å². The molecule has 1 N–H and O–H groups in total. The van der Waals surface area contributed by atoms with E-state index in [1.165, 1.54) is 32.8 Å². The van der Waals surface area contributed by atoms with E-state index in [1.54, 1.807) is 0 Å². The Morgan fingerprint density at radius 3 is 2.70 bits per heavy atom. The van der Waals surface area contributed by atoms with Gasteiger partial charge in [0.2, 0.25) is 0 Å². The molecule has 1 rings (SSSR count). The Hall–Kier alpha value is -0.610. The van der Waals surface area contributed by atoms with Gasteiger partial charge in [0.05, 0.1) is 7.11 Å². The van der Waals surface area contributed by atoms with Gasteiger partial charge in [-0.2, -0.15) is 0 Å². The molecule has 0 saturated carbocycles. The van der Waals surface area contributed by atoms with Crippen LogP contribution in [0.25, 0.3) is 0 Å². The van der Waals surface area contributed by atoms with Gasteiger partial charge in [-0.15, -0.1) is 0 Å². The second kappa shape index (κ2) is 7.99. The standard InChI is InChI=1S/C16H32N2O2/c1-6-14-10-8-9-11-18(14)13(3)12-16(4,17-7-2)15(19)20-5/h13-14,17H,6-12H2,1-5H3. The van der Waals surface area contributed by atoms with Gasteiger partial charge in [0.25, 0.3) is 0 Å². The quantitative estimate of drug-likeness (QED) is 0.730. The Labute approximate surface area is 124 Å². The van der Waals surface area contributed by atoms with Crippen LogP contribution in [0, 0.1) is 0 Å². The predicted molar refractivity (Wildman–Crippen MR) is 82.8 cm³/mol. The average Bonchev–Trinajstić information content (AvgIpc) is 2.46. The minimum Gasteiger partial charge on any atom is -0.468 e. The van der Waals surface area contributed by atoms with Crippen LogP contribution in [-0.2, 0) is 9.53 Å². The highest BCUT2D eigenvalue weighted by molar-refractivity contribution is 5.80. The molecule has 118 valence electrons. The molecule has 1 fully saturated rings.